The summed E-state index contributed by atoms with van der Waals surface area (Å²) in [5.74, 6) is 1.25. The predicted molar refractivity (Wildman–Crippen MR) is 88.4 cm³/mol. The van der Waals surface area contributed by atoms with Crippen LogP contribution in [0.5, 0.6) is 0 Å². The fraction of sp³-hybridized carbons (Fsp3) is 0.571. The molecule has 0 atom stereocenters. The maximum Gasteiger partial charge on any atom is 0.321 e. The van der Waals surface area contributed by atoms with Crippen LogP contribution in [-0.2, 0) is 24.2 Å². The lowest BCUT2D eigenvalue weighted by atomic mass is 10.1. The SMILES string of the molecule is COCCn1cc(CNC(=O)Nc2nc(CC(C)C)ns2)cn1. The maximum absolute atomic E-state index is 11.9. The molecule has 2 rings (SSSR count). The minimum absolute atomic E-state index is 0.304. The number of carbonyl (C=O) groups excluding carboxylic acids is 1. The van der Waals surface area contributed by atoms with Crippen molar-refractivity contribution in [3.8, 4) is 0 Å². The van der Waals surface area contributed by atoms with Crippen molar-refractivity contribution in [1.82, 2.24) is 24.5 Å². The van der Waals surface area contributed by atoms with E-state index >= 15 is 0 Å². The highest BCUT2D eigenvalue weighted by atomic mass is 32.1. The number of amides is 2. The van der Waals surface area contributed by atoms with Gasteiger partial charge in [-0.1, -0.05) is 13.8 Å². The topological polar surface area (TPSA) is 94.0 Å². The Balaban J connectivity index is 1.76. The Morgan fingerprint density at radius 2 is 2.30 bits per heavy atom. The first-order valence-corrected chi connectivity index (χ1v) is 8.22. The molecule has 23 heavy (non-hydrogen) atoms. The highest BCUT2D eigenvalue weighted by Gasteiger charge is 2.09. The van der Waals surface area contributed by atoms with Gasteiger partial charge in [0.05, 0.1) is 19.3 Å². The zero-order valence-corrected chi connectivity index (χ0v) is 14.4. The Kier molecular flexibility index (Phi) is 6.48. The number of hydrogen-bond acceptors (Lipinski definition) is 6. The van der Waals surface area contributed by atoms with Gasteiger partial charge in [0.25, 0.3) is 0 Å². The first-order valence-electron chi connectivity index (χ1n) is 7.44. The van der Waals surface area contributed by atoms with E-state index in [-0.39, 0.29) is 6.03 Å². The summed E-state index contributed by atoms with van der Waals surface area (Å²) in [4.78, 5) is 16.2. The van der Waals surface area contributed by atoms with Gasteiger partial charge in [-0.3, -0.25) is 10.00 Å². The minimum atomic E-state index is -0.304. The van der Waals surface area contributed by atoms with Crippen LogP contribution in [-0.4, -0.2) is 38.9 Å². The van der Waals surface area contributed by atoms with Crippen molar-refractivity contribution in [2.75, 3.05) is 19.0 Å². The van der Waals surface area contributed by atoms with E-state index in [2.05, 4.69) is 38.9 Å². The van der Waals surface area contributed by atoms with Gasteiger partial charge in [-0.15, -0.1) is 0 Å². The van der Waals surface area contributed by atoms with Crippen molar-refractivity contribution < 1.29 is 9.53 Å². The van der Waals surface area contributed by atoms with E-state index in [9.17, 15) is 4.79 Å². The number of nitrogens with zero attached hydrogens (tertiary/aromatic N) is 4. The molecule has 2 heterocycles. The van der Waals surface area contributed by atoms with Gasteiger partial charge < -0.3 is 10.1 Å². The van der Waals surface area contributed by atoms with E-state index in [1.807, 2.05) is 6.20 Å². The molecule has 0 spiro atoms. The van der Waals surface area contributed by atoms with E-state index in [0.29, 0.717) is 30.7 Å². The summed E-state index contributed by atoms with van der Waals surface area (Å²) in [7, 11) is 1.65. The third-order valence-corrected chi connectivity index (χ3v) is 3.61. The lowest BCUT2D eigenvalue weighted by molar-refractivity contribution is 0.183. The van der Waals surface area contributed by atoms with Crippen LogP contribution in [0.15, 0.2) is 12.4 Å². The second kappa shape index (κ2) is 8.59. The molecular formula is C14H22N6O2S. The van der Waals surface area contributed by atoms with Crippen LogP contribution in [0.25, 0.3) is 0 Å². The van der Waals surface area contributed by atoms with Gasteiger partial charge in [-0.05, 0) is 5.92 Å². The fourth-order valence-corrected chi connectivity index (χ4v) is 2.47. The molecule has 2 amide bonds. The van der Waals surface area contributed by atoms with Gasteiger partial charge >= 0.3 is 6.03 Å². The van der Waals surface area contributed by atoms with Crippen molar-refractivity contribution in [3.63, 3.8) is 0 Å². The van der Waals surface area contributed by atoms with E-state index in [1.54, 1.807) is 18.0 Å². The van der Waals surface area contributed by atoms with Crippen LogP contribution in [0.4, 0.5) is 9.93 Å². The van der Waals surface area contributed by atoms with Crippen molar-refractivity contribution in [1.29, 1.82) is 0 Å². The molecule has 8 nitrogen and oxygen atoms in total. The molecule has 0 bridgehead atoms. The molecule has 0 radical (unpaired) electrons. The van der Waals surface area contributed by atoms with Crippen molar-refractivity contribution in [2.24, 2.45) is 5.92 Å². The predicted octanol–water partition coefficient (Wildman–Crippen LogP) is 1.90. The number of carbonyl (C=O) groups is 1. The zero-order valence-electron chi connectivity index (χ0n) is 13.6. The number of rotatable bonds is 8. The molecule has 0 saturated carbocycles. The van der Waals surface area contributed by atoms with Gasteiger partial charge in [-0.2, -0.15) is 9.47 Å². The number of methoxy groups -OCH3 is 1. The molecule has 0 unspecified atom stereocenters. The van der Waals surface area contributed by atoms with Crippen LogP contribution in [0.1, 0.15) is 25.2 Å². The van der Waals surface area contributed by atoms with Gasteiger partial charge in [0.2, 0.25) is 5.13 Å². The molecule has 0 aromatic carbocycles. The number of ether oxygens (including phenoxy) is 1. The second-order valence-electron chi connectivity index (χ2n) is 5.53. The van der Waals surface area contributed by atoms with Gasteiger partial charge in [-0.25, -0.2) is 9.78 Å². The highest BCUT2D eigenvalue weighted by molar-refractivity contribution is 7.09. The normalized spacial score (nSPS) is 11.0. The molecule has 0 fully saturated rings. The Morgan fingerprint density at radius 3 is 3.04 bits per heavy atom. The van der Waals surface area contributed by atoms with Crippen molar-refractivity contribution >= 4 is 22.7 Å². The Bertz CT molecular complexity index is 624. The molecule has 2 N–H and O–H groups in total. The zero-order chi connectivity index (χ0) is 16.7. The first kappa shape index (κ1) is 17.4. The van der Waals surface area contributed by atoms with Crippen LogP contribution >= 0.6 is 11.5 Å². The standard InChI is InChI=1S/C14H22N6O2S/c1-10(2)6-12-17-14(23-19-12)18-13(21)15-7-11-8-16-20(9-11)4-5-22-3/h8-10H,4-7H2,1-3H3,(H2,15,17,18,19,21). The molecule has 2 aromatic heterocycles. The second-order valence-corrected chi connectivity index (χ2v) is 6.28. The number of aromatic nitrogens is 4. The van der Waals surface area contributed by atoms with Gasteiger partial charge in [0, 0.05) is 43.4 Å². The summed E-state index contributed by atoms with van der Waals surface area (Å²) in [6.45, 7) is 5.90. The molecule has 9 heteroatoms. The number of nitrogens with one attached hydrogen (secondary N) is 2. The Morgan fingerprint density at radius 1 is 1.48 bits per heavy atom. The van der Waals surface area contributed by atoms with Crippen LogP contribution < -0.4 is 10.6 Å². The monoisotopic (exact) mass is 338 g/mol. The van der Waals surface area contributed by atoms with Crippen molar-refractivity contribution in [2.45, 2.75) is 33.4 Å². The Labute approximate surface area is 139 Å². The average molecular weight is 338 g/mol. The molecule has 0 aliphatic rings. The summed E-state index contributed by atoms with van der Waals surface area (Å²) in [5, 5.41) is 10.2. The first-order chi connectivity index (χ1) is 11.1. The van der Waals surface area contributed by atoms with E-state index in [0.717, 1.165) is 17.8 Å². The summed E-state index contributed by atoms with van der Waals surface area (Å²) < 4.78 is 11.0. The van der Waals surface area contributed by atoms with Crippen molar-refractivity contribution in [3.05, 3.63) is 23.8 Å². The van der Waals surface area contributed by atoms with Crippen LogP contribution in [0, 0.1) is 5.92 Å². The third kappa shape index (κ3) is 5.95. The summed E-state index contributed by atoms with van der Waals surface area (Å²) in [6.07, 6.45) is 4.41. The summed E-state index contributed by atoms with van der Waals surface area (Å²) >= 11 is 1.19. The minimum Gasteiger partial charge on any atom is -0.383 e. The molecule has 0 aliphatic carbocycles. The quantitative estimate of drug-likeness (QED) is 0.767. The fourth-order valence-electron chi connectivity index (χ4n) is 1.88. The van der Waals surface area contributed by atoms with Gasteiger partial charge in [0.1, 0.15) is 5.82 Å². The van der Waals surface area contributed by atoms with Crippen LogP contribution in [0.3, 0.4) is 0 Å². The molecule has 2 aromatic rings. The Hall–Kier alpha value is -2.00. The highest BCUT2D eigenvalue weighted by Crippen LogP contribution is 2.13. The lowest BCUT2D eigenvalue weighted by Gasteiger charge is -2.03. The van der Waals surface area contributed by atoms with Gasteiger partial charge in [0.15, 0.2) is 0 Å². The smallest absolute Gasteiger partial charge is 0.321 e. The molecule has 0 saturated heterocycles. The lowest BCUT2D eigenvalue weighted by Crippen LogP contribution is -2.28. The third-order valence-electron chi connectivity index (χ3n) is 2.94. The van der Waals surface area contributed by atoms with E-state index < -0.39 is 0 Å². The molecule has 0 aliphatic heterocycles. The maximum atomic E-state index is 11.9. The van der Waals surface area contributed by atoms with Crippen LogP contribution in [0.2, 0.25) is 0 Å². The summed E-state index contributed by atoms with van der Waals surface area (Å²) in [6, 6.07) is -0.304. The number of anilines is 1. The molecule has 126 valence electrons. The number of urea groups is 1. The largest absolute Gasteiger partial charge is 0.383 e. The molecular weight excluding hydrogens is 316 g/mol. The summed E-state index contributed by atoms with van der Waals surface area (Å²) in [5.41, 5.74) is 0.925. The van der Waals surface area contributed by atoms with E-state index in [4.69, 9.17) is 4.74 Å². The van der Waals surface area contributed by atoms with E-state index in [1.165, 1.54) is 11.5 Å². The number of hydrogen-bond donors (Lipinski definition) is 2. The average Bonchev–Trinajstić information content (AvgIpc) is 3.12.